The Hall–Kier alpha value is -0.130. The maximum absolute atomic E-state index is 12.9. The normalized spacial score (nSPS) is 18.5. The molecule has 1 fully saturated rings. The second-order valence-electron chi connectivity index (χ2n) is 4.69. The van der Waals surface area contributed by atoms with E-state index in [0.29, 0.717) is 28.7 Å². The van der Waals surface area contributed by atoms with Crippen molar-refractivity contribution in [3.05, 3.63) is 32.8 Å². The van der Waals surface area contributed by atoms with Gasteiger partial charge in [0.2, 0.25) is 6.43 Å². The SMILES string of the molecule is FC(F)C[C@@H](c1c(Cl)ccc(Cl)c1Cl)N1CCNCC1. The van der Waals surface area contributed by atoms with Crippen LogP contribution in [0.2, 0.25) is 15.1 Å². The number of piperazine rings is 1. The summed E-state index contributed by atoms with van der Waals surface area (Å²) in [6, 6.07) is 2.66. The Kier molecular flexibility index (Phi) is 5.87. The molecule has 1 aliphatic rings. The predicted molar refractivity (Wildman–Crippen MR) is 79.3 cm³/mol. The molecule has 1 N–H and O–H groups in total. The summed E-state index contributed by atoms with van der Waals surface area (Å²) in [6.07, 6.45) is -2.74. The Balaban J connectivity index is 2.37. The zero-order valence-electron chi connectivity index (χ0n) is 10.7. The second-order valence-corrected chi connectivity index (χ2v) is 5.88. The van der Waals surface area contributed by atoms with Crippen molar-refractivity contribution in [1.82, 2.24) is 10.2 Å². The van der Waals surface area contributed by atoms with Crippen LogP contribution in [0.1, 0.15) is 18.0 Å². The van der Waals surface area contributed by atoms with E-state index >= 15 is 0 Å². The average Bonchev–Trinajstić information content (AvgIpc) is 2.43. The minimum Gasteiger partial charge on any atom is -0.314 e. The molecule has 0 saturated carbocycles. The van der Waals surface area contributed by atoms with Gasteiger partial charge >= 0.3 is 0 Å². The number of halogens is 5. The Morgan fingerprint density at radius 2 is 1.70 bits per heavy atom. The van der Waals surface area contributed by atoms with Gasteiger partial charge in [0.25, 0.3) is 0 Å². The van der Waals surface area contributed by atoms with Crippen molar-refractivity contribution in [2.45, 2.75) is 18.9 Å². The largest absolute Gasteiger partial charge is 0.314 e. The summed E-state index contributed by atoms with van der Waals surface area (Å²) in [5.41, 5.74) is 0.503. The van der Waals surface area contributed by atoms with Gasteiger partial charge in [-0.1, -0.05) is 34.8 Å². The molecular formula is C13H15Cl3F2N2. The molecule has 0 radical (unpaired) electrons. The Bertz CT molecular complexity index is 465. The summed E-state index contributed by atoms with van der Waals surface area (Å²) in [6.45, 7) is 2.87. The van der Waals surface area contributed by atoms with E-state index in [1.54, 1.807) is 12.1 Å². The summed E-state index contributed by atoms with van der Waals surface area (Å²) in [4.78, 5) is 1.98. The van der Waals surface area contributed by atoms with E-state index in [-0.39, 0.29) is 11.4 Å². The molecule has 0 bridgehead atoms. The molecule has 0 aliphatic carbocycles. The zero-order valence-corrected chi connectivity index (χ0v) is 12.9. The van der Waals surface area contributed by atoms with Crippen molar-refractivity contribution in [3.8, 4) is 0 Å². The highest BCUT2D eigenvalue weighted by Gasteiger charge is 2.29. The summed E-state index contributed by atoms with van der Waals surface area (Å²) < 4.78 is 25.9. The fourth-order valence-electron chi connectivity index (χ4n) is 2.46. The number of nitrogens with zero attached hydrogens (tertiary/aromatic N) is 1. The van der Waals surface area contributed by atoms with E-state index < -0.39 is 12.5 Å². The van der Waals surface area contributed by atoms with E-state index in [1.807, 2.05) is 4.90 Å². The molecule has 0 spiro atoms. The number of benzene rings is 1. The molecule has 0 amide bonds. The molecule has 0 unspecified atom stereocenters. The van der Waals surface area contributed by atoms with Crippen LogP contribution in [-0.2, 0) is 0 Å². The van der Waals surface area contributed by atoms with Crippen LogP contribution in [0.3, 0.4) is 0 Å². The van der Waals surface area contributed by atoms with Gasteiger partial charge in [-0.3, -0.25) is 4.90 Å². The number of nitrogens with one attached hydrogen (secondary N) is 1. The molecule has 1 saturated heterocycles. The first-order valence-corrected chi connectivity index (χ1v) is 7.50. The summed E-state index contributed by atoms with van der Waals surface area (Å²) >= 11 is 18.4. The van der Waals surface area contributed by atoms with E-state index in [2.05, 4.69) is 5.32 Å². The molecule has 1 aromatic carbocycles. The van der Waals surface area contributed by atoms with Gasteiger partial charge in [-0.15, -0.1) is 0 Å². The Labute approximate surface area is 132 Å². The summed E-state index contributed by atoms with van der Waals surface area (Å²) in [5.74, 6) is 0. The van der Waals surface area contributed by atoms with E-state index in [9.17, 15) is 8.78 Å². The van der Waals surface area contributed by atoms with Gasteiger partial charge in [-0.25, -0.2) is 8.78 Å². The van der Waals surface area contributed by atoms with Gasteiger partial charge in [-0.2, -0.15) is 0 Å². The van der Waals surface area contributed by atoms with Crippen LogP contribution in [-0.4, -0.2) is 37.5 Å². The van der Waals surface area contributed by atoms with Gasteiger partial charge < -0.3 is 5.32 Å². The molecule has 7 heteroatoms. The second kappa shape index (κ2) is 7.23. The molecule has 2 rings (SSSR count). The fraction of sp³-hybridized carbons (Fsp3) is 0.538. The number of hydrogen-bond donors (Lipinski definition) is 1. The van der Waals surface area contributed by atoms with Crippen LogP contribution < -0.4 is 5.32 Å². The van der Waals surface area contributed by atoms with Crippen molar-refractivity contribution in [1.29, 1.82) is 0 Å². The maximum atomic E-state index is 12.9. The van der Waals surface area contributed by atoms with Crippen LogP contribution in [0.5, 0.6) is 0 Å². The van der Waals surface area contributed by atoms with Gasteiger partial charge in [0.1, 0.15) is 0 Å². The zero-order chi connectivity index (χ0) is 14.7. The molecule has 1 aliphatic heterocycles. The van der Waals surface area contributed by atoms with Crippen LogP contribution in [0, 0.1) is 0 Å². The standard InChI is InChI=1S/C13H15Cl3F2N2/c14-8-1-2-9(15)13(16)12(8)10(7-11(17)18)20-5-3-19-4-6-20/h1-2,10-11,19H,3-7H2/t10-/m0/s1. The minimum absolute atomic E-state index is 0.267. The van der Waals surface area contributed by atoms with Gasteiger partial charge in [0.05, 0.1) is 10.0 Å². The molecular weight excluding hydrogens is 329 g/mol. The smallest absolute Gasteiger partial charge is 0.240 e. The van der Waals surface area contributed by atoms with Crippen molar-refractivity contribution in [2.24, 2.45) is 0 Å². The quantitative estimate of drug-likeness (QED) is 0.822. The van der Waals surface area contributed by atoms with Gasteiger partial charge in [-0.05, 0) is 12.1 Å². The first-order valence-electron chi connectivity index (χ1n) is 6.37. The van der Waals surface area contributed by atoms with Gasteiger partial charge in [0.15, 0.2) is 0 Å². The first kappa shape index (κ1) is 16.2. The highest BCUT2D eigenvalue weighted by Crippen LogP contribution is 2.40. The molecule has 112 valence electrons. The van der Waals surface area contributed by atoms with Crippen LogP contribution >= 0.6 is 34.8 Å². The van der Waals surface area contributed by atoms with Crippen molar-refractivity contribution in [2.75, 3.05) is 26.2 Å². The topological polar surface area (TPSA) is 15.3 Å². The first-order chi connectivity index (χ1) is 9.50. The lowest BCUT2D eigenvalue weighted by Gasteiger charge is -2.36. The molecule has 1 heterocycles. The van der Waals surface area contributed by atoms with Gasteiger partial charge in [0, 0.05) is 49.2 Å². The highest BCUT2D eigenvalue weighted by atomic mass is 35.5. The molecule has 1 aromatic rings. The number of rotatable bonds is 4. The molecule has 2 nitrogen and oxygen atoms in total. The molecule has 20 heavy (non-hydrogen) atoms. The molecule has 1 atom stereocenters. The van der Waals surface area contributed by atoms with Crippen LogP contribution in [0.4, 0.5) is 8.78 Å². The van der Waals surface area contributed by atoms with Crippen molar-refractivity contribution >= 4 is 34.8 Å². The summed E-state index contributed by atoms with van der Waals surface area (Å²) in [7, 11) is 0. The number of alkyl halides is 2. The average molecular weight is 344 g/mol. The fourth-order valence-corrected chi connectivity index (χ4v) is 3.25. The Morgan fingerprint density at radius 3 is 2.30 bits per heavy atom. The monoisotopic (exact) mass is 342 g/mol. The lowest BCUT2D eigenvalue weighted by Crippen LogP contribution is -2.45. The maximum Gasteiger partial charge on any atom is 0.240 e. The minimum atomic E-state index is -2.43. The van der Waals surface area contributed by atoms with Crippen molar-refractivity contribution in [3.63, 3.8) is 0 Å². The third-order valence-corrected chi connectivity index (χ3v) is 4.55. The van der Waals surface area contributed by atoms with Crippen molar-refractivity contribution < 1.29 is 8.78 Å². The van der Waals surface area contributed by atoms with E-state index in [1.165, 1.54) is 0 Å². The van der Waals surface area contributed by atoms with Crippen LogP contribution in [0.15, 0.2) is 12.1 Å². The van der Waals surface area contributed by atoms with Crippen LogP contribution in [0.25, 0.3) is 0 Å². The molecule has 0 aromatic heterocycles. The highest BCUT2D eigenvalue weighted by molar-refractivity contribution is 6.44. The third-order valence-electron chi connectivity index (χ3n) is 3.41. The Morgan fingerprint density at radius 1 is 1.10 bits per heavy atom. The lowest BCUT2D eigenvalue weighted by atomic mass is 10.0. The predicted octanol–water partition coefficient (Wildman–Crippen LogP) is 4.25. The summed E-state index contributed by atoms with van der Waals surface area (Å²) in [5, 5.41) is 4.17. The van der Waals surface area contributed by atoms with E-state index in [0.717, 1.165) is 13.1 Å². The third kappa shape index (κ3) is 3.74. The number of hydrogen-bond acceptors (Lipinski definition) is 2. The lowest BCUT2D eigenvalue weighted by molar-refractivity contribution is 0.0740. The van der Waals surface area contributed by atoms with E-state index in [4.69, 9.17) is 34.8 Å².